The van der Waals surface area contributed by atoms with Gasteiger partial charge in [0.2, 0.25) is 0 Å². The van der Waals surface area contributed by atoms with Gasteiger partial charge in [0.05, 0.1) is 5.39 Å². The van der Waals surface area contributed by atoms with E-state index in [4.69, 9.17) is 14.3 Å². The number of carboxylic acids is 1. The van der Waals surface area contributed by atoms with Crippen LogP contribution in [0.25, 0.3) is 11.0 Å². The van der Waals surface area contributed by atoms with E-state index in [1.54, 1.807) is 39.8 Å². The molecule has 1 amide bonds. The zero-order valence-corrected chi connectivity index (χ0v) is 15.9. The minimum Gasteiger partial charge on any atom is -0.480 e. The van der Waals surface area contributed by atoms with Gasteiger partial charge in [-0.25, -0.2) is 4.79 Å². The third-order valence-corrected chi connectivity index (χ3v) is 3.70. The molecule has 1 heterocycles. The van der Waals surface area contributed by atoms with Crippen LogP contribution in [0, 0.1) is 6.92 Å². The number of anilines is 1. The van der Waals surface area contributed by atoms with E-state index in [-0.39, 0.29) is 23.5 Å². The number of hydrogen-bond acceptors (Lipinski definition) is 7. The Morgan fingerprint density at radius 1 is 1.33 bits per heavy atom. The van der Waals surface area contributed by atoms with Crippen LogP contribution in [0.15, 0.2) is 21.3 Å². The van der Waals surface area contributed by atoms with Gasteiger partial charge in [-0.05, 0) is 51.8 Å². The number of carboxylic acid groups (broad SMARTS) is 1. The van der Waals surface area contributed by atoms with Gasteiger partial charge in [-0.3, -0.25) is 9.59 Å². The molecule has 0 saturated heterocycles. The minimum atomic E-state index is -1.10. The third-order valence-electron chi connectivity index (χ3n) is 3.70. The van der Waals surface area contributed by atoms with E-state index in [1.807, 2.05) is 0 Å². The molecule has 9 heteroatoms. The first kappa shape index (κ1) is 20.2. The summed E-state index contributed by atoms with van der Waals surface area (Å²) in [5.41, 5.74) is 0.440. The molecule has 0 aliphatic rings. The Balaban J connectivity index is 2.26. The Kier molecular flexibility index (Phi) is 5.72. The number of aliphatic carboxylic acids is 1. The molecule has 0 saturated carbocycles. The standard InChI is InChI=1S/C18H23N3O6/c1-9-11(8-19-17(25)27-18(3,4)5)6-7-12-13(9)14(22)21-16(26-12)20-10(2)15(23)24/h6-7,10H,8H2,1-5H3,(H,19,25)(H,23,24)(H,20,21,22)/t10-/m0/s1. The van der Waals surface area contributed by atoms with E-state index >= 15 is 0 Å². The van der Waals surface area contributed by atoms with Crippen molar-refractivity contribution in [1.82, 2.24) is 10.3 Å². The van der Waals surface area contributed by atoms with Crippen LogP contribution >= 0.6 is 0 Å². The number of aryl methyl sites for hydroxylation is 1. The van der Waals surface area contributed by atoms with E-state index in [9.17, 15) is 14.4 Å². The van der Waals surface area contributed by atoms with E-state index < -0.39 is 29.3 Å². The lowest BCUT2D eigenvalue weighted by Crippen LogP contribution is -2.32. The Hall–Kier alpha value is -3.10. The van der Waals surface area contributed by atoms with Gasteiger partial charge in [0.15, 0.2) is 0 Å². The highest BCUT2D eigenvalue weighted by molar-refractivity contribution is 5.82. The molecule has 1 aromatic carbocycles. The fourth-order valence-electron chi connectivity index (χ4n) is 2.34. The number of nitrogens with one attached hydrogen (secondary N) is 2. The van der Waals surface area contributed by atoms with Crippen LogP contribution in [-0.4, -0.2) is 33.8 Å². The number of amides is 1. The van der Waals surface area contributed by atoms with Crippen LogP contribution in [-0.2, 0) is 16.1 Å². The molecule has 146 valence electrons. The fourth-order valence-corrected chi connectivity index (χ4v) is 2.34. The van der Waals surface area contributed by atoms with Gasteiger partial charge in [-0.15, -0.1) is 0 Å². The smallest absolute Gasteiger partial charge is 0.407 e. The maximum absolute atomic E-state index is 12.4. The van der Waals surface area contributed by atoms with Crippen molar-refractivity contribution in [2.24, 2.45) is 0 Å². The maximum atomic E-state index is 12.4. The number of benzene rings is 1. The average molecular weight is 377 g/mol. The number of hydrogen-bond donors (Lipinski definition) is 3. The molecule has 1 atom stereocenters. The summed E-state index contributed by atoms with van der Waals surface area (Å²) in [6.45, 7) is 8.60. The van der Waals surface area contributed by atoms with Crippen LogP contribution in [0.1, 0.15) is 38.8 Å². The van der Waals surface area contributed by atoms with Gasteiger partial charge in [0.25, 0.3) is 11.6 Å². The monoisotopic (exact) mass is 377 g/mol. The van der Waals surface area contributed by atoms with Crippen molar-refractivity contribution in [3.8, 4) is 0 Å². The third kappa shape index (κ3) is 5.19. The molecule has 0 spiro atoms. The van der Waals surface area contributed by atoms with Crippen molar-refractivity contribution in [1.29, 1.82) is 0 Å². The van der Waals surface area contributed by atoms with Crippen LogP contribution in [0.3, 0.4) is 0 Å². The maximum Gasteiger partial charge on any atom is 0.407 e. The number of rotatable bonds is 5. The second kappa shape index (κ2) is 7.65. The van der Waals surface area contributed by atoms with Crippen molar-refractivity contribution < 1.29 is 23.8 Å². The van der Waals surface area contributed by atoms with Gasteiger partial charge >= 0.3 is 12.1 Å². The minimum absolute atomic E-state index is 0.165. The zero-order valence-electron chi connectivity index (χ0n) is 15.9. The zero-order chi connectivity index (χ0) is 20.4. The lowest BCUT2D eigenvalue weighted by atomic mass is 10.0. The lowest BCUT2D eigenvalue weighted by molar-refractivity contribution is -0.137. The fraction of sp³-hybridized carbons (Fsp3) is 0.444. The summed E-state index contributed by atoms with van der Waals surface area (Å²) in [6.07, 6.45) is -0.561. The second-order valence-corrected chi connectivity index (χ2v) is 7.11. The second-order valence-electron chi connectivity index (χ2n) is 7.11. The van der Waals surface area contributed by atoms with Crippen LogP contribution in [0.2, 0.25) is 0 Å². The molecule has 2 aromatic rings. The average Bonchev–Trinajstić information content (AvgIpc) is 2.52. The van der Waals surface area contributed by atoms with Crippen LogP contribution in [0.4, 0.5) is 10.8 Å². The molecule has 9 nitrogen and oxygen atoms in total. The molecule has 0 bridgehead atoms. The summed E-state index contributed by atoms with van der Waals surface area (Å²) in [6, 6.07) is 2.16. The highest BCUT2D eigenvalue weighted by Crippen LogP contribution is 2.21. The van der Waals surface area contributed by atoms with Crippen molar-refractivity contribution >= 4 is 29.0 Å². The molecule has 27 heavy (non-hydrogen) atoms. The van der Waals surface area contributed by atoms with E-state index in [2.05, 4.69) is 15.6 Å². The summed E-state index contributed by atoms with van der Waals surface area (Å²) in [5, 5.41) is 14.4. The molecule has 0 aliphatic carbocycles. The van der Waals surface area contributed by atoms with Gasteiger partial charge in [0.1, 0.15) is 17.2 Å². The molecule has 2 rings (SSSR count). The first-order valence-electron chi connectivity index (χ1n) is 8.37. The summed E-state index contributed by atoms with van der Waals surface area (Å²) in [7, 11) is 0. The summed E-state index contributed by atoms with van der Waals surface area (Å²) in [5.74, 6) is -1.10. The van der Waals surface area contributed by atoms with E-state index in [0.29, 0.717) is 11.1 Å². The molecule has 0 fully saturated rings. The number of alkyl carbamates (subject to hydrolysis) is 1. The van der Waals surface area contributed by atoms with E-state index in [1.165, 1.54) is 6.92 Å². The summed E-state index contributed by atoms with van der Waals surface area (Å²) in [4.78, 5) is 38.8. The van der Waals surface area contributed by atoms with Gasteiger partial charge in [-0.2, -0.15) is 4.98 Å². The molecule has 0 unspecified atom stereocenters. The summed E-state index contributed by atoms with van der Waals surface area (Å²) >= 11 is 0. The molecular formula is C18H23N3O6. The first-order chi connectivity index (χ1) is 12.5. The van der Waals surface area contributed by atoms with Crippen molar-refractivity contribution in [2.45, 2.75) is 52.8 Å². The van der Waals surface area contributed by atoms with E-state index in [0.717, 1.165) is 0 Å². The van der Waals surface area contributed by atoms with Crippen molar-refractivity contribution in [3.05, 3.63) is 33.6 Å². The summed E-state index contributed by atoms with van der Waals surface area (Å²) < 4.78 is 10.7. The number of ether oxygens (including phenoxy) is 1. The van der Waals surface area contributed by atoms with Crippen LogP contribution in [0.5, 0.6) is 0 Å². The highest BCUT2D eigenvalue weighted by Gasteiger charge is 2.18. The van der Waals surface area contributed by atoms with Crippen LogP contribution < -0.4 is 16.2 Å². The van der Waals surface area contributed by atoms with Crippen molar-refractivity contribution in [3.63, 3.8) is 0 Å². The largest absolute Gasteiger partial charge is 0.480 e. The lowest BCUT2D eigenvalue weighted by Gasteiger charge is -2.20. The molecule has 3 N–H and O–H groups in total. The Morgan fingerprint density at radius 3 is 2.59 bits per heavy atom. The molecule has 0 radical (unpaired) electrons. The van der Waals surface area contributed by atoms with Gasteiger partial charge in [-0.1, -0.05) is 6.07 Å². The number of aromatic nitrogens is 1. The normalized spacial score (nSPS) is 12.5. The van der Waals surface area contributed by atoms with Gasteiger partial charge in [0, 0.05) is 6.54 Å². The molecule has 0 aliphatic heterocycles. The number of carbonyl (C=O) groups is 2. The molecular weight excluding hydrogens is 354 g/mol. The first-order valence-corrected chi connectivity index (χ1v) is 8.37. The van der Waals surface area contributed by atoms with Crippen molar-refractivity contribution in [2.75, 3.05) is 5.32 Å². The Labute approximate surface area is 155 Å². The Morgan fingerprint density at radius 2 is 2.00 bits per heavy atom. The number of carbonyl (C=O) groups excluding carboxylic acids is 1. The quantitative estimate of drug-likeness (QED) is 0.724. The Bertz CT molecular complexity index is 929. The topological polar surface area (TPSA) is 131 Å². The predicted molar refractivity (Wildman–Crippen MR) is 98.8 cm³/mol. The number of fused-ring (bicyclic) bond motifs is 1. The highest BCUT2D eigenvalue weighted by atomic mass is 16.6. The number of nitrogens with zero attached hydrogens (tertiary/aromatic N) is 1. The molecule has 1 aromatic heterocycles. The predicted octanol–water partition coefficient (Wildman–Crippen LogP) is 2.41. The SMILES string of the molecule is Cc1c(CNC(=O)OC(C)(C)C)ccc2oc(N[C@@H](C)C(=O)O)nc(=O)c12. The van der Waals surface area contributed by atoms with Gasteiger partial charge < -0.3 is 24.9 Å².